The van der Waals surface area contributed by atoms with Crippen LogP contribution in [0, 0.1) is 5.82 Å². The number of rotatable bonds is 5. The zero-order valence-electron chi connectivity index (χ0n) is 17.4. The Bertz CT molecular complexity index is 1260. The van der Waals surface area contributed by atoms with Gasteiger partial charge in [-0.3, -0.25) is 10.2 Å². The first-order valence-corrected chi connectivity index (χ1v) is 12.0. The minimum atomic E-state index is -3.55. The second kappa shape index (κ2) is 8.85. The van der Waals surface area contributed by atoms with Gasteiger partial charge in [0, 0.05) is 32.4 Å². The number of aryl methyl sites for hydroxylation is 1. The van der Waals surface area contributed by atoms with E-state index in [2.05, 4.69) is 10.3 Å². The summed E-state index contributed by atoms with van der Waals surface area (Å²) < 4.78 is 44.9. The molecule has 0 bridgehead atoms. The molecule has 1 N–H and O–H groups in total. The maximum Gasteiger partial charge on any atom is 0.328 e. The van der Waals surface area contributed by atoms with E-state index in [1.165, 1.54) is 44.6 Å². The monoisotopic (exact) mass is 476 g/mol. The SMILES string of the molecule is CN(C)S(=O)(=O)c1ccc2c(c1)CCCN2C(=O)Nc1ncc(Oc2cccc(F)c2)s1. The van der Waals surface area contributed by atoms with Crippen LogP contribution in [0.5, 0.6) is 10.8 Å². The first-order valence-electron chi connectivity index (χ1n) is 9.77. The van der Waals surface area contributed by atoms with Crippen LogP contribution >= 0.6 is 11.3 Å². The van der Waals surface area contributed by atoms with Crippen molar-refractivity contribution in [1.82, 2.24) is 9.29 Å². The van der Waals surface area contributed by atoms with E-state index < -0.39 is 15.8 Å². The molecule has 0 saturated heterocycles. The number of halogens is 1. The second-order valence-electron chi connectivity index (χ2n) is 7.31. The van der Waals surface area contributed by atoms with Crippen molar-refractivity contribution in [3.05, 3.63) is 60.0 Å². The minimum Gasteiger partial charge on any atom is -0.445 e. The van der Waals surface area contributed by atoms with Crippen LogP contribution in [0.1, 0.15) is 12.0 Å². The van der Waals surface area contributed by atoms with Crippen LogP contribution in [0.3, 0.4) is 0 Å². The zero-order valence-corrected chi connectivity index (χ0v) is 19.0. The Morgan fingerprint density at radius 2 is 2.06 bits per heavy atom. The molecule has 0 spiro atoms. The smallest absolute Gasteiger partial charge is 0.328 e. The molecule has 0 unspecified atom stereocenters. The van der Waals surface area contributed by atoms with Crippen LogP contribution < -0.4 is 15.0 Å². The highest BCUT2D eigenvalue weighted by molar-refractivity contribution is 7.89. The first-order chi connectivity index (χ1) is 15.2. The highest BCUT2D eigenvalue weighted by Gasteiger charge is 2.26. The number of hydrogen-bond acceptors (Lipinski definition) is 6. The maximum absolute atomic E-state index is 13.3. The van der Waals surface area contributed by atoms with E-state index in [0.29, 0.717) is 41.0 Å². The van der Waals surface area contributed by atoms with E-state index in [1.54, 1.807) is 23.1 Å². The number of aromatic nitrogens is 1. The molecule has 11 heteroatoms. The van der Waals surface area contributed by atoms with Crippen molar-refractivity contribution in [2.45, 2.75) is 17.7 Å². The van der Waals surface area contributed by atoms with Crippen LogP contribution in [0.15, 0.2) is 53.6 Å². The summed E-state index contributed by atoms with van der Waals surface area (Å²) >= 11 is 1.12. The first kappa shape index (κ1) is 22.2. The highest BCUT2D eigenvalue weighted by Crippen LogP contribution is 2.33. The fourth-order valence-electron chi connectivity index (χ4n) is 3.33. The molecular formula is C21H21FN4O4S2. The number of benzene rings is 2. The molecule has 2 amide bonds. The third-order valence-electron chi connectivity index (χ3n) is 4.91. The molecular weight excluding hydrogens is 455 g/mol. The number of fused-ring (bicyclic) bond motifs is 1. The van der Waals surface area contributed by atoms with Crippen molar-refractivity contribution in [2.75, 3.05) is 30.9 Å². The highest BCUT2D eigenvalue weighted by atomic mass is 32.2. The lowest BCUT2D eigenvalue weighted by Gasteiger charge is -2.29. The van der Waals surface area contributed by atoms with Gasteiger partial charge in [0.05, 0.1) is 11.1 Å². The van der Waals surface area contributed by atoms with Crippen LogP contribution in [-0.4, -0.2) is 44.4 Å². The molecule has 4 rings (SSSR count). The fraction of sp³-hybridized carbons (Fsp3) is 0.238. The number of urea groups is 1. The largest absolute Gasteiger partial charge is 0.445 e. The van der Waals surface area contributed by atoms with Crippen molar-refractivity contribution in [3.63, 3.8) is 0 Å². The number of anilines is 2. The lowest BCUT2D eigenvalue weighted by atomic mass is 10.0. The van der Waals surface area contributed by atoms with E-state index in [0.717, 1.165) is 21.2 Å². The van der Waals surface area contributed by atoms with Gasteiger partial charge in [-0.1, -0.05) is 17.4 Å². The normalized spacial score (nSPS) is 13.7. The average molecular weight is 477 g/mol. The zero-order chi connectivity index (χ0) is 22.9. The van der Waals surface area contributed by atoms with Gasteiger partial charge in [-0.05, 0) is 48.7 Å². The lowest BCUT2D eigenvalue weighted by Crippen LogP contribution is -2.38. The van der Waals surface area contributed by atoms with Gasteiger partial charge < -0.3 is 4.74 Å². The topological polar surface area (TPSA) is 91.8 Å². The number of carbonyl (C=O) groups is 1. The predicted octanol–water partition coefficient (Wildman–Crippen LogP) is 4.31. The third kappa shape index (κ3) is 4.59. The van der Waals surface area contributed by atoms with Crippen molar-refractivity contribution in [2.24, 2.45) is 0 Å². The van der Waals surface area contributed by atoms with Crippen LogP contribution in [0.25, 0.3) is 0 Å². The van der Waals surface area contributed by atoms with Gasteiger partial charge in [0.15, 0.2) is 5.13 Å². The summed E-state index contributed by atoms with van der Waals surface area (Å²) in [6, 6.07) is 10.2. The van der Waals surface area contributed by atoms with E-state index in [9.17, 15) is 17.6 Å². The second-order valence-corrected chi connectivity index (χ2v) is 10.5. The molecule has 0 fully saturated rings. The summed E-state index contributed by atoms with van der Waals surface area (Å²) in [4.78, 5) is 18.8. The fourth-order valence-corrected chi connectivity index (χ4v) is 4.96. The quantitative estimate of drug-likeness (QED) is 0.593. The van der Waals surface area contributed by atoms with Crippen molar-refractivity contribution < 1.29 is 22.3 Å². The molecule has 1 aliphatic rings. The molecule has 2 aromatic carbocycles. The molecule has 2 heterocycles. The van der Waals surface area contributed by atoms with Gasteiger partial charge in [-0.15, -0.1) is 0 Å². The summed E-state index contributed by atoms with van der Waals surface area (Å²) in [7, 11) is -0.592. The van der Waals surface area contributed by atoms with Crippen LogP contribution in [0.2, 0.25) is 0 Å². The Balaban J connectivity index is 1.49. The number of thiazole rings is 1. The number of ether oxygens (including phenoxy) is 1. The minimum absolute atomic E-state index is 0.197. The number of carbonyl (C=O) groups excluding carboxylic acids is 1. The van der Waals surface area contributed by atoms with Crippen molar-refractivity contribution in [1.29, 1.82) is 0 Å². The summed E-state index contributed by atoms with van der Waals surface area (Å²) in [6.45, 7) is 0.497. The number of nitrogens with one attached hydrogen (secondary N) is 1. The molecule has 8 nitrogen and oxygen atoms in total. The van der Waals surface area contributed by atoms with Crippen LogP contribution in [-0.2, 0) is 16.4 Å². The molecule has 3 aromatic rings. The molecule has 0 aliphatic carbocycles. The standard InChI is InChI=1S/C21H21FN4O4S2/c1-25(2)32(28,29)17-8-9-18-14(11-17)5-4-10-26(18)21(27)24-20-23-13-19(31-20)30-16-7-3-6-15(22)12-16/h3,6-9,11-13H,4-5,10H2,1-2H3,(H,23,24,27). The Hall–Kier alpha value is -3.02. The molecule has 0 atom stereocenters. The predicted molar refractivity (Wildman–Crippen MR) is 121 cm³/mol. The maximum atomic E-state index is 13.3. The number of nitrogens with zero attached hydrogens (tertiary/aromatic N) is 3. The third-order valence-corrected chi connectivity index (χ3v) is 7.51. The molecule has 1 aliphatic heterocycles. The van der Waals surface area contributed by atoms with Crippen molar-refractivity contribution >= 4 is 38.2 Å². The number of amides is 2. The Morgan fingerprint density at radius 3 is 2.81 bits per heavy atom. The Labute approximate surface area is 189 Å². The number of hydrogen-bond donors (Lipinski definition) is 1. The van der Waals surface area contributed by atoms with Crippen molar-refractivity contribution in [3.8, 4) is 10.8 Å². The van der Waals surface area contributed by atoms with E-state index >= 15 is 0 Å². The Morgan fingerprint density at radius 1 is 1.25 bits per heavy atom. The van der Waals surface area contributed by atoms with Crippen LogP contribution in [0.4, 0.5) is 20.0 Å². The summed E-state index contributed by atoms with van der Waals surface area (Å²) in [5, 5.41) is 3.49. The molecule has 1 aromatic heterocycles. The summed E-state index contributed by atoms with van der Waals surface area (Å²) in [6.07, 6.45) is 2.84. The number of sulfonamides is 1. The van der Waals surface area contributed by atoms with Gasteiger partial charge in [0.1, 0.15) is 11.6 Å². The Kier molecular flexibility index (Phi) is 6.13. The van der Waals surface area contributed by atoms with E-state index in [-0.39, 0.29) is 10.9 Å². The summed E-state index contributed by atoms with van der Waals surface area (Å²) in [5.74, 6) is -0.0780. The lowest BCUT2D eigenvalue weighted by molar-refractivity contribution is 0.256. The molecule has 168 valence electrons. The summed E-state index contributed by atoms with van der Waals surface area (Å²) in [5.41, 5.74) is 1.46. The molecule has 0 saturated carbocycles. The van der Waals surface area contributed by atoms with Gasteiger partial charge in [-0.25, -0.2) is 26.9 Å². The average Bonchev–Trinajstić information content (AvgIpc) is 3.19. The van der Waals surface area contributed by atoms with Gasteiger partial charge in [-0.2, -0.15) is 0 Å². The van der Waals surface area contributed by atoms with Gasteiger partial charge in [0.25, 0.3) is 0 Å². The van der Waals surface area contributed by atoms with Gasteiger partial charge >= 0.3 is 6.03 Å². The van der Waals surface area contributed by atoms with E-state index in [1.807, 2.05) is 0 Å². The van der Waals surface area contributed by atoms with E-state index in [4.69, 9.17) is 4.74 Å². The van der Waals surface area contributed by atoms with Gasteiger partial charge in [0.2, 0.25) is 15.1 Å². The molecule has 0 radical (unpaired) electrons. The molecule has 32 heavy (non-hydrogen) atoms.